The highest BCUT2D eigenvalue weighted by molar-refractivity contribution is 6.22. The third kappa shape index (κ3) is 3.29. The van der Waals surface area contributed by atoms with E-state index in [0.717, 1.165) is 23.0 Å². The van der Waals surface area contributed by atoms with Crippen molar-refractivity contribution in [3.63, 3.8) is 0 Å². The molecular formula is C26H20F3N3O4. The molecule has 2 aromatic carbocycles. The Kier molecular flexibility index (Phi) is 4.90. The van der Waals surface area contributed by atoms with Crippen molar-refractivity contribution in [3.05, 3.63) is 65.2 Å². The van der Waals surface area contributed by atoms with E-state index in [-0.39, 0.29) is 36.6 Å². The summed E-state index contributed by atoms with van der Waals surface area (Å²) in [5.41, 5.74) is -1.18. The number of halogens is 3. The summed E-state index contributed by atoms with van der Waals surface area (Å²) in [6.45, 7) is 0.342. The van der Waals surface area contributed by atoms with Crippen molar-refractivity contribution in [2.45, 2.75) is 25.2 Å². The number of imide groups is 1. The highest BCUT2D eigenvalue weighted by Crippen LogP contribution is 2.64. The SMILES string of the molecule is N#Cc1ccc(N2C(=O)[C@@H]3[C@H](C2=O)[C@@H]2C4CC4[C@H]3CN2C(=O)OCc2ccccc2)cc1C(F)(F)F. The first kappa shape index (κ1) is 22.6. The van der Waals surface area contributed by atoms with E-state index >= 15 is 0 Å². The molecule has 0 N–H and O–H groups in total. The highest BCUT2D eigenvalue weighted by Gasteiger charge is 2.72. The average molecular weight is 495 g/mol. The summed E-state index contributed by atoms with van der Waals surface area (Å²) >= 11 is 0. The van der Waals surface area contributed by atoms with Crippen LogP contribution in [0.4, 0.5) is 23.7 Å². The van der Waals surface area contributed by atoms with Crippen molar-refractivity contribution >= 4 is 23.6 Å². The summed E-state index contributed by atoms with van der Waals surface area (Å²) in [5.74, 6) is -2.64. The van der Waals surface area contributed by atoms with Crippen molar-refractivity contribution in [2.24, 2.45) is 29.6 Å². The molecular weight excluding hydrogens is 475 g/mol. The van der Waals surface area contributed by atoms with E-state index in [1.165, 1.54) is 17.0 Å². The molecule has 0 spiro atoms. The number of carbonyl (C=O) groups is 3. The molecule has 6 atom stereocenters. The van der Waals surface area contributed by atoms with E-state index < -0.39 is 53.1 Å². The van der Waals surface area contributed by atoms with Gasteiger partial charge in [0, 0.05) is 6.54 Å². The van der Waals surface area contributed by atoms with Gasteiger partial charge < -0.3 is 9.64 Å². The van der Waals surface area contributed by atoms with Crippen molar-refractivity contribution in [3.8, 4) is 6.07 Å². The Morgan fingerprint density at radius 1 is 1.03 bits per heavy atom. The van der Waals surface area contributed by atoms with Gasteiger partial charge in [-0.2, -0.15) is 18.4 Å². The number of hydrogen-bond donors (Lipinski definition) is 0. The lowest BCUT2D eigenvalue weighted by Crippen LogP contribution is -2.61. The second-order valence-corrected chi connectivity index (χ2v) is 9.81. The molecule has 2 aliphatic carbocycles. The molecule has 3 amide bonds. The van der Waals surface area contributed by atoms with Crippen LogP contribution in [-0.4, -0.2) is 35.4 Å². The molecule has 2 unspecified atom stereocenters. The van der Waals surface area contributed by atoms with Crippen molar-refractivity contribution in [1.82, 2.24) is 4.90 Å². The van der Waals surface area contributed by atoms with Gasteiger partial charge in [-0.3, -0.25) is 9.59 Å². The number of piperidine rings is 2. The van der Waals surface area contributed by atoms with Gasteiger partial charge in [-0.25, -0.2) is 9.69 Å². The van der Waals surface area contributed by atoms with Crippen LogP contribution >= 0.6 is 0 Å². The monoisotopic (exact) mass is 495 g/mol. The van der Waals surface area contributed by atoms with E-state index in [2.05, 4.69) is 0 Å². The number of nitrogens with zero attached hydrogens (tertiary/aromatic N) is 3. The number of carbonyl (C=O) groups excluding carboxylic acids is 3. The Hall–Kier alpha value is -3.87. The van der Waals surface area contributed by atoms with E-state index in [1.807, 2.05) is 30.3 Å². The maximum atomic E-state index is 13.5. The zero-order chi connectivity index (χ0) is 25.4. The van der Waals surface area contributed by atoms with Crippen molar-refractivity contribution < 1.29 is 32.3 Å². The quantitative estimate of drug-likeness (QED) is 0.601. The number of amides is 3. The number of hydrogen-bond acceptors (Lipinski definition) is 5. The largest absolute Gasteiger partial charge is 0.445 e. The number of benzene rings is 2. The van der Waals surface area contributed by atoms with E-state index in [4.69, 9.17) is 10.00 Å². The summed E-state index contributed by atoms with van der Waals surface area (Å²) in [4.78, 5) is 42.4. The molecule has 3 saturated heterocycles. The van der Waals surface area contributed by atoms with Crippen LogP contribution in [0.3, 0.4) is 0 Å². The first-order valence-corrected chi connectivity index (χ1v) is 11.7. The van der Waals surface area contributed by atoms with Crippen molar-refractivity contribution in [2.75, 3.05) is 11.4 Å². The fourth-order valence-electron chi connectivity index (χ4n) is 6.45. The minimum atomic E-state index is -4.82. The second kappa shape index (κ2) is 7.82. The summed E-state index contributed by atoms with van der Waals surface area (Å²) in [5, 5.41) is 9.07. The van der Waals surface area contributed by atoms with Gasteiger partial charge in [0.2, 0.25) is 11.8 Å². The molecule has 2 saturated carbocycles. The van der Waals surface area contributed by atoms with Crippen molar-refractivity contribution in [1.29, 1.82) is 5.26 Å². The Bertz CT molecular complexity index is 1320. The minimum absolute atomic E-state index is 0.0673. The number of nitriles is 1. The van der Waals surface area contributed by atoms with Crippen LogP contribution in [0, 0.1) is 40.9 Å². The summed E-state index contributed by atoms with van der Waals surface area (Å²) in [7, 11) is 0. The fraction of sp³-hybridized carbons (Fsp3) is 0.385. The van der Waals surface area contributed by atoms with Crippen LogP contribution in [-0.2, 0) is 27.1 Å². The van der Waals surface area contributed by atoms with Crippen LogP contribution in [0.25, 0.3) is 0 Å². The Labute approximate surface area is 204 Å². The van der Waals surface area contributed by atoms with E-state index in [0.29, 0.717) is 6.07 Å². The van der Waals surface area contributed by atoms with Crippen LogP contribution in [0.15, 0.2) is 48.5 Å². The molecule has 0 radical (unpaired) electrons. The number of ether oxygens (including phenoxy) is 1. The van der Waals surface area contributed by atoms with Gasteiger partial charge in [0.15, 0.2) is 0 Å². The Morgan fingerprint density at radius 3 is 2.44 bits per heavy atom. The molecule has 184 valence electrons. The van der Waals surface area contributed by atoms with E-state index in [9.17, 15) is 27.6 Å². The third-order valence-electron chi connectivity index (χ3n) is 8.00. The molecule has 7 nitrogen and oxygen atoms in total. The average Bonchev–Trinajstić information content (AvgIpc) is 3.64. The Morgan fingerprint density at radius 2 is 1.75 bits per heavy atom. The summed E-state index contributed by atoms with van der Waals surface area (Å²) in [6, 6.07) is 13.0. The van der Waals surface area contributed by atoms with Gasteiger partial charge in [-0.15, -0.1) is 0 Å². The highest BCUT2D eigenvalue weighted by atomic mass is 19.4. The van der Waals surface area contributed by atoms with Crippen LogP contribution < -0.4 is 4.90 Å². The van der Waals surface area contributed by atoms with Gasteiger partial charge >= 0.3 is 12.3 Å². The number of alkyl halides is 3. The van der Waals surface area contributed by atoms with Gasteiger partial charge in [0.1, 0.15) is 6.61 Å². The maximum Gasteiger partial charge on any atom is 0.417 e. The van der Waals surface area contributed by atoms with Gasteiger partial charge in [-0.05, 0) is 47.9 Å². The lowest BCUT2D eigenvalue weighted by atomic mass is 9.66. The fourth-order valence-corrected chi connectivity index (χ4v) is 6.45. The normalized spacial score (nSPS) is 30.1. The summed E-state index contributed by atoms with van der Waals surface area (Å²) < 4.78 is 46.1. The summed E-state index contributed by atoms with van der Waals surface area (Å²) in [6.07, 6.45) is -4.57. The molecule has 36 heavy (non-hydrogen) atoms. The third-order valence-corrected chi connectivity index (χ3v) is 8.00. The predicted octanol–water partition coefficient (Wildman–Crippen LogP) is 3.97. The predicted molar refractivity (Wildman–Crippen MR) is 118 cm³/mol. The number of rotatable bonds is 3. The first-order valence-electron chi connectivity index (χ1n) is 11.7. The van der Waals surface area contributed by atoms with Crippen LogP contribution in [0.2, 0.25) is 0 Å². The lowest BCUT2D eigenvalue weighted by Gasteiger charge is -2.49. The Balaban J connectivity index is 1.29. The lowest BCUT2D eigenvalue weighted by molar-refractivity contribution is -0.138. The zero-order valence-electron chi connectivity index (χ0n) is 18.8. The minimum Gasteiger partial charge on any atom is -0.445 e. The van der Waals surface area contributed by atoms with E-state index in [1.54, 1.807) is 0 Å². The van der Waals surface area contributed by atoms with Gasteiger partial charge in [0.25, 0.3) is 0 Å². The van der Waals surface area contributed by atoms with Gasteiger partial charge in [0.05, 0.1) is 40.8 Å². The topological polar surface area (TPSA) is 90.7 Å². The van der Waals surface area contributed by atoms with Gasteiger partial charge in [-0.1, -0.05) is 30.3 Å². The molecule has 2 aromatic rings. The molecule has 10 heteroatoms. The first-order chi connectivity index (χ1) is 17.2. The molecule has 5 aliphatic rings. The van der Waals surface area contributed by atoms with Crippen LogP contribution in [0.5, 0.6) is 0 Å². The maximum absolute atomic E-state index is 13.5. The second-order valence-electron chi connectivity index (χ2n) is 9.81. The smallest absolute Gasteiger partial charge is 0.417 e. The number of anilines is 1. The zero-order valence-corrected chi connectivity index (χ0v) is 18.8. The molecule has 5 fully saturated rings. The molecule has 3 aliphatic heterocycles. The molecule has 2 bridgehead atoms. The molecule has 3 heterocycles. The molecule has 7 rings (SSSR count). The standard InChI is InChI=1S/C26H20F3N3O4/c27-26(28,29)19-8-15(7-6-14(19)10-30)32-23(33)20-18-11-31(22(17-9-16(17)18)21(20)24(32)34)25(35)36-12-13-4-2-1-3-5-13/h1-8,16-18,20-22H,9,11-12H2/t16?,17?,18-,20+,21+,22+/m1/s1. The van der Waals surface area contributed by atoms with Crippen LogP contribution in [0.1, 0.15) is 23.1 Å². The number of fused-ring (bicyclic) bond motifs is 1. The molecule has 0 aromatic heterocycles.